The second-order valence-electron chi connectivity index (χ2n) is 7.77. The van der Waals surface area contributed by atoms with E-state index in [9.17, 15) is 33.2 Å². The van der Waals surface area contributed by atoms with Gasteiger partial charge >= 0.3 is 17.4 Å². The van der Waals surface area contributed by atoms with Crippen molar-refractivity contribution in [3.63, 3.8) is 0 Å². The van der Waals surface area contributed by atoms with Crippen molar-refractivity contribution >= 4 is 17.4 Å². The molecule has 166 valence electrons. The minimum absolute atomic E-state index is 0.117. The normalized spacial score (nSPS) is 15.9. The summed E-state index contributed by atoms with van der Waals surface area (Å²) in [6.45, 7) is 7.27. The predicted octanol–water partition coefficient (Wildman–Crippen LogP) is 5.75. The summed E-state index contributed by atoms with van der Waals surface area (Å²) in [5.41, 5.74) is -1.97. The summed E-state index contributed by atoms with van der Waals surface area (Å²) in [6.07, 6.45) is -3.92. The fourth-order valence-electron chi connectivity index (χ4n) is 3.62. The van der Waals surface area contributed by atoms with Crippen LogP contribution in [0.15, 0.2) is 46.4 Å². The Morgan fingerprint density at radius 3 is 2.65 bits per heavy atom. The summed E-state index contributed by atoms with van der Waals surface area (Å²) in [4.78, 5) is 24.2. The topological polar surface area (TPSA) is 85.4 Å². The van der Waals surface area contributed by atoms with E-state index < -0.39 is 34.0 Å². The van der Waals surface area contributed by atoms with Crippen LogP contribution in [0.2, 0.25) is 0 Å². The number of nitro groups is 1. The van der Waals surface area contributed by atoms with Gasteiger partial charge in [-0.15, -0.1) is 11.8 Å². The number of allylic oxidation sites excluding steroid dienone is 1. The van der Waals surface area contributed by atoms with Crippen LogP contribution in [0.4, 0.5) is 18.9 Å². The largest absolute Gasteiger partial charge is 0.511 e. The highest BCUT2D eigenvalue weighted by atomic mass is 32.2. The van der Waals surface area contributed by atoms with Crippen LogP contribution in [0.25, 0.3) is 11.1 Å². The van der Waals surface area contributed by atoms with E-state index in [2.05, 4.69) is 6.58 Å². The number of fused-ring (bicyclic) bond motifs is 1. The Morgan fingerprint density at radius 2 is 2.10 bits per heavy atom. The molecule has 0 radical (unpaired) electrons. The summed E-state index contributed by atoms with van der Waals surface area (Å²) in [6, 6.07) is 3.65. The molecule has 1 aromatic carbocycles. The van der Waals surface area contributed by atoms with Crippen molar-refractivity contribution in [2.24, 2.45) is 5.92 Å². The highest BCUT2D eigenvalue weighted by Gasteiger charge is 2.38. The first-order valence-electron chi connectivity index (χ1n) is 9.57. The van der Waals surface area contributed by atoms with Gasteiger partial charge < -0.3 is 5.11 Å². The molecule has 1 aromatic heterocycles. The number of nitrogens with zero attached hydrogens (tertiary/aromatic N) is 2. The molecule has 3 rings (SSSR count). The highest BCUT2D eigenvalue weighted by Crippen LogP contribution is 2.45. The number of aliphatic hydroxyl groups is 1. The Hall–Kier alpha value is -2.75. The van der Waals surface area contributed by atoms with E-state index in [0.29, 0.717) is 11.4 Å². The molecule has 0 saturated heterocycles. The van der Waals surface area contributed by atoms with Gasteiger partial charge in [-0.1, -0.05) is 32.6 Å². The maximum Gasteiger partial charge on any atom is 0.416 e. The minimum atomic E-state index is -4.59. The number of hydrogen-bond acceptors (Lipinski definition) is 5. The van der Waals surface area contributed by atoms with Crippen molar-refractivity contribution in [1.29, 1.82) is 0 Å². The first-order valence-corrected chi connectivity index (χ1v) is 10.6. The van der Waals surface area contributed by atoms with Crippen molar-refractivity contribution in [1.82, 2.24) is 4.57 Å². The molecule has 1 aliphatic heterocycles. The number of hydrogen-bond donors (Lipinski definition) is 1. The SMILES string of the molecule is C=C(O)[C@@H]1CSc2c(-c3cccc(C(F)(F)F)c3)c(CCC(C)C)c([N+](=O)[O-])c(=O)n21. The van der Waals surface area contributed by atoms with E-state index in [1.165, 1.54) is 12.1 Å². The van der Waals surface area contributed by atoms with Gasteiger partial charge in [0.15, 0.2) is 0 Å². The zero-order valence-electron chi connectivity index (χ0n) is 16.9. The van der Waals surface area contributed by atoms with Crippen LogP contribution in [0.3, 0.4) is 0 Å². The zero-order valence-corrected chi connectivity index (χ0v) is 17.7. The third kappa shape index (κ3) is 4.34. The van der Waals surface area contributed by atoms with Gasteiger partial charge in [0.25, 0.3) is 0 Å². The molecule has 6 nitrogen and oxygen atoms in total. The number of benzene rings is 1. The molecule has 2 aromatic rings. The fourth-order valence-corrected chi connectivity index (χ4v) is 5.01. The minimum Gasteiger partial charge on any atom is -0.511 e. The number of thioether (sulfide) groups is 1. The molecule has 1 N–H and O–H groups in total. The quantitative estimate of drug-likeness (QED) is 0.341. The summed E-state index contributed by atoms with van der Waals surface area (Å²) in [5.74, 6) is 0.0107. The van der Waals surface area contributed by atoms with E-state index in [-0.39, 0.29) is 40.5 Å². The molecule has 10 heteroatoms. The fraction of sp³-hybridized carbons (Fsp3) is 0.381. The van der Waals surface area contributed by atoms with Gasteiger partial charge in [0, 0.05) is 16.9 Å². The van der Waals surface area contributed by atoms with Crippen LogP contribution < -0.4 is 5.56 Å². The Bertz CT molecular complexity index is 1110. The van der Waals surface area contributed by atoms with Crippen molar-refractivity contribution < 1.29 is 23.2 Å². The second-order valence-corrected chi connectivity index (χ2v) is 8.78. The molecule has 31 heavy (non-hydrogen) atoms. The number of pyridine rings is 1. The molecule has 0 amide bonds. The lowest BCUT2D eigenvalue weighted by atomic mass is 9.93. The van der Waals surface area contributed by atoms with Crippen LogP contribution >= 0.6 is 11.8 Å². The number of halogens is 3. The highest BCUT2D eigenvalue weighted by molar-refractivity contribution is 7.99. The van der Waals surface area contributed by atoms with Crippen molar-refractivity contribution in [3.05, 3.63) is 68.2 Å². The maximum absolute atomic E-state index is 13.3. The van der Waals surface area contributed by atoms with E-state index in [0.717, 1.165) is 28.5 Å². The Labute approximate surface area is 180 Å². The first-order chi connectivity index (χ1) is 14.4. The average Bonchev–Trinajstić information content (AvgIpc) is 3.11. The molecule has 2 heterocycles. The van der Waals surface area contributed by atoms with Gasteiger partial charge in [0.1, 0.15) is 11.8 Å². The molecule has 0 aliphatic carbocycles. The molecule has 0 fully saturated rings. The Morgan fingerprint density at radius 1 is 1.42 bits per heavy atom. The van der Waals surface area contributed by atoms with E-state index in [1.54, 1.807) is 0 Å². The number of aromatic nitrogens is 1. The van der Waals surface area contributed by atoms with Crippen LogP contribution in [0.5, 0.6) is 0 Å². The van der Waals surface area contributed by atoms with Crippen LogP contribution in [0, 0.1) is 16.0 Å². The van der Waals surface area contributed by atoms with Gasteiger partial charge in [-0.2, -0.15) is 13.2 Å². The van der Waals surface area contributed by atoms with E-state index >= 15 is 0 Å². The van der Waals surface area contributed by atoms with Crippen molar-refractivity contribution in [3.8, 4) is 11.1 Å². The summed E-state index contributed by atoms with van der Waals surface area (Å²) in [7, 11) is 0. The zero-order chi connectivity index (χ0) is 23.1. The predicted molar refractivity (Wildman–Crippen MR) is 112 cm³/mol. The monoisotopic (exact) mass is 454 g/mol. The lowest BCUT2D eigenvalue weighted by Gasteiger charge is -2.19. The Kier molecular flexibility index (Phi) is 6.22. The van der Waals surface area contributed by atoms with Gasteiger partial charge in [-0.25, -0.2) is 0 Å². The standard InChI is InChI=1S/C21H21F3N2O4S/c1-11(2)7-8-15-17(13-5-4-6-14(9-13)21(22,23)24)20-25(16(10-31-20)12(3)27)19(28)18(15)26(29)30/h4-6,9,11,16,27H,3,7-8,10H2,1-2H3/t16-/m0/s1. The van der Waals surface area contributed by atoms with E-state index in [1.807, 2.05) is 13.8 Å². The number of rotatable bonds is 6. The number of alkyl halides is 3. The van der Waals surface area contributed by atoms with Crippen molar-refractivity contribution in [2.75, 3.05) is 5.75 Å². The molecule has 1 aliphatic rings. The third-order valence-corrected chi connectivity index (χ3v) is 6.31. The second kappa shape index (κ2) is 8.41. The molecule has 0 saturated carbocycles. The molecule has 1 atom stereocenters. The third-order valence-electron chi connectivity index (χ3n) is 5.15. The first kappa shape index (κ1) is 22.9. The smallest absolute Gasteiger partial charge is 0.416 e. The maximum atomic E-state index is 13.3. The molecular formula is C21H21F3N2O4S. The van der Waals surface area contributed by atoms with Gasteiger partial charge in [0.2, 0.25) is 0 Å². The molecule has 0 spiro atoms. The van der Waals surface area contributed by atoms with Crippen LogP contribution in [-0.4, -0.2) is 20.3 Å². The van der Waals surface area contributed by atoms with Gasteiger partial charge in [-0.3, -0.25) is 19.5 Å². The van der Waals surface area contributed by atoms with Gasteiger partial charge in [-0.05, 0) is 36.5 Å². The Balaban J connectivity index is 2.41. The summed E-state index contributed by atoms with van der Waals surface area (Å²) < 4.78 is 41.1. The van der Waals surface area contributed by atoms with Crippen LogP contribution in [0.1, 0.15) is 37.4 Å². The van der Waals surface area contributed by atoms with Crippen molar-refractivity contribution in [2.45, 2.75) is 43.9 Å². The molecular weight excluding hydrogens is 433 g/mol. The van der Waals surface area contributed by atoms with Crippen LogP contribution in [-0.2, 0) is 12.6 Å². The average molecular weight is 454 g/mol. The van der Waals surface area contributed by atoms with Gasteiger partial charge in [0.05, 0.1) is 15.5 Å². The molecule has 0 unspecified atom stereocenters. The molecule has 0 bridgehead atoms. The lowest BCUT2D eigenvalue weighted by Crippen LogP contribution is -2.28. The number of aliphatic hydroxyl groups excluding tert-OH is 1. The summed E-state index contributed by atoms with van der Waals surface area (Å²) >= 11 is 1.16. The summed E-state index contributed by atoms with van der Waals surface area (Å²) in [5, 5.41) is 22.1. The lowest BCUT2D eigenvalue weighted by molar-refractivity contribution is -0.387. The van der Waals surface area contributed by atoms with E-state index in [4.69, 9.17) is 0 Å².